The first kappa shape index (κ1) is 15.4. The van der Waals surface area contributed by atoms with Gasteiger partial charge in [-0.15, -0.1) is 0 Å². The molecule has 0 amide bonds. The molecule has 0 bridgehead atoms. The number of para-hydroxylation sites is 2. The first-order valence-corrected chi connectivity index (χ1v) is 8.58. The number of nitrogens with zero attached hydrogens (tertiary/aromatic N) is 3. The van der Waals surface area contributed by atoms with Gasteiger partial charge in [0.1, 0.15) is 5.82 Å². The molecule has 124 valence electrons. The molecule has 2 aromatic carbocycles. The van der Waals surface area contributed by atoms with E-state index in [9.17, 15) is 0 Å². The second-order valence-corrected chi connectivity index (χ2v) is 6.94. The molecule has 1 N–H and O–H groups in total. The average Bonchev–Trinajstić information content (AvgIpc) is 2.97. The van der Waals surface area contributed by atoms with Gasteiger partial charge in [-0.25, -0.2) is 4.98 Å². The fourth-order valence-corrected chi connectivity index (χ4v) is 3.68. The van der Waals surface area contributed by atoms with Gasteiger partial charge in [0.15, 0.2) is 0 Å². The van der Waals surface area contributed by atoms with Gasteiger partial charge in [-0.3, -0.25) is 9.80 Å². The third kappa shape index (κ3) is 3.07. The average molecular weight is 320 g/mol. The number of hydrogen-bond acceptors (Lipinski definition) is 3. The summed E-state index contributed by atoms with van der Waals surface area (Å²) in [5, 5.41) is 0. The van der Waals surface area contributed by atoms with Crippen LogP contribution >= 0.6 is 0 Å². The summed E-state index contributed by atoms with van der Waals surface area (Å²) in [5.41, 5.74) is 5.13. The van der Waals surface area contributed by atoms with E-state index in [2.05, 4.69) is 70.3 Å². The van der Waals surface area contributed by atoms with E-state index in [1.54, 1.807) is 0 Å². The third-order valence-electron chi connectivity index (χ3n) is 5.00. The molecule has 24 heavy (non-hydrogen) atoms. The molecular formula is C20H24N4. The molecule has 0 radical (unpaired) electrons. The SMILES string of the molecule is CN(Cc1nc2ccccc2[nH]1)C[C@@H]1Cc2ccccc2CN1C. The Hall–Kier alpha value is -2.17. The lowest BCUT2D eigenvalue weighted by Crippen LogP contribution is -2.44. The number of nitrogens with one attached hydrogen (secondary N) is 1. The maximum Gasteiger partial charge on any atom is 0.121 e. The summed E-state index contributed by atoms with van der Waals surface area (Å²) < 4.78 is 0. The van der Waals surface area contributed by atoms with Crippen molar-refractivity contribution in [3.63, 3.8) is 0 Å². The van der Waals surface area contributed by atoms with Crippen molar-refractivity contribution in [3.05, 3.63) is 65.5 Å². The van der Waals surface area contributed by atoms with Crippen LogP contribution in [0.25, 0.3) is 11.0 Å². The summed E-state index contributed by atoms with van der Waals surface area (Å²) in [7, 11) is 4.41. The van der Waals surface area contributed by atoms with Crippen LogP contribution < -0.4 is 0 Å². The van der Waals surface area contributed by atoms with E-state index < -0.39 is 0 Å². The van der Waals surface area contributed by atoms with Crippen LogP contribution in [-0.4, -0.2) is 46.4 Å². The van der Waals surface area contributed by atoms with Crippen LogP contribution in [0.15, 0.2) is 48.5 Å². The normalized spacial score (nSPS) is 18.2. The zero-order valence-corrected chi connectivity index (χ0v) is 14.4. The van der Waals surface area contributed by atoms with Gasteiger partial charge in [0, 0.05) is 19.1 Å². The zero-order valence-electron chi connectivity index (χ0n) is 14.4. The number of aromatic amines is 1. The number of imidazole rings is 1. The Labute approximate surface area is 143 Å². The molecule has 0 unspecified atom stereocenters. The minimum Gasteiger partial charge on any atom is -0.341 e. The summed E-state index contributed by atoms with van der Waals surface area (Å²) in [4.78, 5) is 13.0. The lowest BCUT2D eigenvalue weighted by molar-refractivity contribution is 0.157. The fraction of sp³-hybridized carbons (Fsp3) is 0.350. The molecule has 4 heteroatoms. The number of rotatable bonds is 4. The molecule has 0 spiro atoms. The summed E-state index contributed by atoms with van der Waals surface area (Å²) in [6.07, 6.45) is 1.12. The largest absolute Gasteiger partial charge is 0.341 e. The number of likely N-dealkylation sites (N-methyl/N-ethyl adjacent to an activating group) is 2. The number of aromatic nitrogens is 2. The third-order valence-corrected chi connectivity index (χ3v) is 5.00. The predicted octanol–water partition coefficient (Wildman–Crippen LogP) is 3.05. The predicted molar refractivity (Wildman–Crippen MR) is 97.8 cm³/mol. The molecule has 0 saturated heterocycles. The van der Waals surface area contributed by atoms with E-state index in [1.807, 2.05) is 12.1 Å². The van der Waals surface area contributed by atoms with Gasteiger partial charge in [-0.2, -0.15) is 0 Å². The van der Waals surface area contributed by atoms with Crippen LogP contribution in [0.3, 0.4) is 0 Å². The van der Waals surface area contributed by atoms with Gasteiger partial charge >= 0.3 is 0 Å². The van der Waals surface area contributed by atoms with Crippen molar-refractivity contribution in [2.24, 2.45) is 0 Å². The maximum atomic E-state index is 4.69. The number of hydrogen-bond donors (Lipinski definition) is 1. The molecule has 3 aromatic rings. The number of benzene rings is 2. The second-order valence-electron chi connectivity index (χ2n) is 6.94. The van der Waals surface area contributed by atoms with E-state index in [1.165, 1.54) is 11.1 Å². The van der Waals surface area contributed by atoms with Crippen LogP contribution in [-0.2, 0) is 19.5 Å². The summed E-state index contributed by atoms with van der Waals surface area (Å²) in [6, 6.07) is 17.6. The lowest BCUT2D eigenvalue weighted by Gasteiger charge is -2.36. The molecule has 2 heterocycles. The van der Waals surface area contributed by atoms with E-state index >= 15 is 0 Å². The summed E-state index contributed by atoms with van der Waals surface area (Å²) in [5.74, 6) is 1.04. The molecule has 1 aliphatic rings. The zero-order chi connectivity index (χ0) is 16.5. The highest BCUT2D eigenvalue weighted by molar-refractivity contribution is 5.74. The Morgan fingerprint density at radius 2 is 1.88 bits per heavy atom. The molecule has 1 aromatic heterocycles. The highest BCUT2D eigenvalue weighted by Crippen LogP contribution is 2.22. The quantitative estimate of drug-likeness (QED) is 0.802. The van der Waals surface area contributed by atoms with Crippen LogP contribution in [0.4, 0.5) is 0 Å². The molecular weight excluding hydrogens is 296 g/mol. The maximum absolute atomic E-state index is 4.69. The Bertz CT molecular complexity index is 805. The standard InChI is InChI=1S/C20H24N4/c1-23(14-20-21-18-9-5-6-10-19(18)22-20)13-17-11-15-7-3-4-8-16(15)12-24(17)2/h3-10,17H,11-14H2,1-2H3,(H,21,22)/t17-/m0/s1. The van der Waals surface area contributed by atoms with Gasteiger partial charge in [-0.1, -0.05) is 36.4 Å². The van der Waals surface area contributed by atoms with E-state index in [0.717, 1.165) is 42.9 Å². The Morgan fingerprint density at radius 1 is 1.12 bits per heavy atom. The first-order chi connectivity index (χ1) is 11.7. The Kier molecular flexibility index (Phi) is 4.08. The van der Waals surface area contributed by atoms with Crippen molar-refractivity contribution in [2.45, 2.75) is 25.6 Å². The molecule has 1 atom stereocenters. The highest BCUT2D eigenvalue weighted by atomic mass is 15.2. The van der Waals surface area contributed by atoms with Crippen molar-refractivity contribution >= 4 is 11.0 Å². The van der Waals surface area contributed by atoms with Crippen LogP contribution in [0.5, 0.6) is 0 Å². The van der Waals surface area contributed by atoms with Crippen molar-refractivity contribution in [1.82, 2.24) is 19.8 Å². The van der Waals surface area contributed by atoms with Gasteiger partial charge in [-0.05, 0) is 43.8 Å². The first-order valence-electron chi connectivity index (χ1n) is 8.58. The highest BCUT2D eigenvalue weighted by Gasteiger charge is 2.24. The van der Waals surface area contributed by atoms with Gasteiger partial charge in [0.2, 0.25) is 0 Å². The van der Waals surface area contributed by atoms with Crippen LogP contribution in [0, 0.1) is 0 Å². The molecule has 4 rings (SSSR count). The van der Waals surface area contributed by atoms with Gasteiger partial charge in [0.05, 0.1) is 17.6 Å². The van der Waals surface area contributed by atoms with E-state index in [4.69, 9.17) is 0 Å². The van der Waals surface area contributed by atoms with Crippen molar-refractivity contribution in [1.29, 1.82) is 0 Å². The summed E-state index contributed by atoms with van der Waals surface area (Å²) >= 11 is 0. The molecule has 0 aliphatic carbocycles. The van der Waals surface area contributed by atoms with Crippen molar-refractivity contribution in [2.75, 3.05) is 20.6 Å². The Balaban J connectivity index is 1.43. The van der Waals surface area contributed by atoms with E-state index in [-0.39, 0.29) is 0 Å². The minimum absolute atomic E-state index is 0.550. The lowest BCUT2D eigenvalue weighted by atomic mass is 9.94. The minimum atomic E-state index is 0.550. The van der Waals surface area contributed by atoms with Gasteiger partial charge in [0.25, 0.3) is 0 Å². The number of fused-ring (bicyclic) bond motifs is 2. The summed E-state index contributed by atoms with van der Waals surface area (Å²) in [6.45, 7) is 2.93. The molecule has 0 saturated carbocycles. The Morgan fingerprint density at radius 3 is 2.71 bits per heavy atom. The molecule has 4 nitrogen and oxygen atoms in total. The monoisotopic (exact) mass is 320 g/mol. The van der Waals surface area contributed by atoms with Gasteiger partial charge < -0.3 is 4.98 Å². The topological polar surface area (TPSA) is 35.2 Å². The smallest absolute Gasteiger partial charge is 0.121 e. The van der Waals surface area contributed by atoms with Crippen molar-refractivity contribution in [3.8, 4) is 0 Å². The molecule has 0 fully saturated rings. The van der Waals surface area contributed by atoms with E-state index in [0.29, 0.717) is 6.04 Å². The number of H-pyrrole nitrogens is 1. The van der Waals surface area contributed by atoms with Crippen LogP contribution in [0.2, 0.25) is 0 Å². The van der Waals surface area contributed by atoms with Crippen molar-refractivity contribution < 1.29 is 0 Å². The second kappa shape index (κ2) is 6.38. The fourth-order valence-electron chi connectivity index (χ4n) is 3.68. The molecule has 1 aliphatic heterocycles. The van der Waals surface area contributed by atoms with Crippen LogP contribution in [0.1, 0.15) is 17.0 Å².